The number of nitrogens with one attached hydrogen (secondary N) is 3. The van der Waals surface area contributed by atoms with Crippen LogP contribution in [0, 0.1) is 0 Å². The van der Waals surface area contributed by atoms with E-state index < -0.39 is 0 Å². The quantitative estimate of drug-likeness (QED) is 0.350. The van der Waals surface area contributed by atoms with E-state index in [9.17, 15) is 29.7 Å². The summed E-state index contributed by atoms with van der Waals surface area (Å²) < 4.78 is 0. The first-order valence-corrected chi connectivity index (χ1v) is 13.4. The van der Waals surface area contributed by atoms with E-state index in [4.69, 9.17) is 0 Å². The molecule has 198 valence electrons. The van der Waals surface area contributed by atoms with Crippen molar-refractivity contribution in [3.8, 4) is 0 Å². The summed E-state index contributed by atoms with van der Waals surface area (Å²) in [7, 11) is 0. The number of benzene rings is 1. The molecule has 0 bridgehead atoms. The van der Waals surface area contributed by atoms with Crippen molar-refractivity contribution < 1.29 is 29.7 Å². The van der Waals surface area contributed by atoms with Crippen molar-refractivity contribution in [2.45, 2.75) is 113 Å². The molecule has 0 atom stereocenters. The van der Waals surface area contributed by atoms with E-state index in [1.807, 2.05) is 0 Å². The van der Waals surface area contributed by atoms with E-state index in [0.717, 1.165) is 0 Å². The maximum atomic E-state index is 13.1. The molecular formula is C27H39N3O6. The van der Waals surface area contributed by atoms with Crippen LogP contribution in [-0.2, 0) is 0 Å². The zero-order chi connectivity index (χ0) is 25.7. The molecule has 1 aromatic rings. The van der Waals surface area contributed by atoms with Gasteiger partial charge in [-0.15, -0.1) is 0 Å². The molecule has 0 spiro atoms. The molecule has 4 rings (SSSR count). The maximum Gasteiger partial charge on any atom is 0.251 e. The molecule has 6 N–H and O–H groups in total. The number of amides is 3. The summed E-state index contributed by atoms with van der Waals surface area (Å²) in [5.74, 6) is -1.04. The number of carbonyl (C=O) groups excluding carboxylic acids is 3. The van der Waals surface area contributed by atoms with Crippen molar-refractivity contribution in [2.24, 2.45) is 0 Å². The lowest BCUT2D eigenvalue weighted by Gasteiger charge is -2.27. The Balaban J connectivity index is 1.50. The molecule has 0 aliphatic heterocycles. The van der Waals surface area contributed by atoms with Gasteiger partial charge in [0.05, 0.1) is 18.3 Å². The average molecular weight is 502 g/mol. The molecule has 0 heterocycles. The zero-order valence-electron chi connectivity index (χ0n) is 20.7. The van der Waals surface area contributed by atoms with Crippen LogP contribution in [0.2, 0.25) is 0 Å². The summed E-state index contributed by atoms with van der Waals surface area (Å²) in [4.78, 5) is 39.3. The monoisotopic (exact) mass is 501 g/mol. The van der Waals surface area contributed by atoms with Crippen LogP contribution < -0.4 is 16.0 Å². The van der Waals surface area contributed by atoms with E-state index in [-0.39, 0.29) is 70.8 Å². The van der Waals surface area contributed by atoms with Crippen LogP contribution in [0.3, 0.4) is 0 Å². The Morgan fingerprint density at radius 1 is 0.472 bits per heavy atom. The predicted octanol–water partition coefficient (Wildman–Crippen LogP) is 1.79. The first-order valence-electron chi connectivity index (χ1n) is 13.4. The van der Waals surface area contributed by atoms with Gasteiger partial charge < -0.3 is 31.3 Å². The third-order valence-corrected chi connectivity index (χ3v) is 7.82. The van der Waals surface area contributed by atoms with E-state index >= 15 is 0 Å². The topological polar surface area (TPSA) is 148 Å². The summed E-state index contributed by atoms with van der Waals surface area (Å²) in [6.07, 6.45) is 6.89. The zero-order valence-corrected chi connectivity index (χ0v) is 20.7. The van der Waals surface area contributed by atoms with Gasteiger partial charge in [0.25, 0.3) is 17.7 Å². The van der Waals surface area contributed by atoms with Crippen molar-refractivity contribution in [2.75, 3.05) is 0 Å². The molecule has 3 saturated carbocycles. The summed E-state index contributed by atoms with van der Waals surface area (Å²) in [6, 6.07) is 4.39. The molecule has 3 fully saturated rings. The summed E-state index contributed by atoms with van der Waals surface area (Å²) >= 11 is 0. The minimum atomic E-state index is -0.346. The lowest BCUT2D eigenvalue weighted by molar-refractivity contribution is 0.0862. The average Bonchev–Trinajstić information content (AvgIpc) is 2.87. The number of aliphatic hydroxyl groups excluding tert-OH is 3. The molecule has 1 aromatic carbocycles. The largest absolute Gasteiger partial charge is 0.393 e. The third kappa shape index (κ3) is 7.27. The molecule has 36 heavy (non-hydrogen) atoms. The Kier molecular flexibility index (Phi) is 8.98. The Bertz CT molecular complexity index is 798. The van der Waals surface area contributed by atoms with Gasteiger partial charge in [-0.2, -0.15) is 0 Å². The molecule has 3 aliphatic rings. The minimum absolute atomic E-state index is 0.0574. The second-order valence-corrected chi connectivity index (χ2v) is 10.7. The van der Waals surface area contributed by atoms with Gasteiger partial charge in [-0.05, 0) is 95.2 Å². The molecule has 3 aliphatic carbocycles. The standard InChI is InChI=1S/C27H39N3O6/c31-22-7-1-19(2-8-22)28-25(34)16-13-17(26(35)29-20-3-9-23(32)10-4-20)15-18(14-16)27(36)30-21-5-11-24(33)12-6-21/h13-15,19-24,31-33H,1-12H2,(H,28,34)(H,29,35)(H,30,36). The fourth-order valence-electron chi connectivity index (χ4n) is 5.49. The smallest absolute Gasteiger partial charge is 0.251 e. The lowest BCUT2D eigenvalue weighted by Crippen LogP contribution is -2.40. The predicted molar refractivity (Wildman–Crippen MR) is 134 cm³/mol. The normalized spacial score (nSPS) is 30.8. The van der Waals surface area contributed by atoms with E-state index in [2.05, 4.69) is 16.0 Å². The Morgan fingerprint density at radius 2 is 0.694 bits per heavy atom. The highest BCUT2D eigenvalue weighted by atomic mass is 16.3. The van der Waals surface area contributed by atoms with Crippen molar-refractivity contribution in [3.05, 3.63) is 34.9 Å². The molecule has 9 nitrogen and oxygen atoms in total. The molecule has 0 aromatic heterocycles. The van der Waals surface area contributed by atoms with Gasteiger partial charge in [0, 0.05) is 34.8 Å². The van der Waals surface area contributed by atoms with Crippen LogP contribution in [0.5, 0.6) is 0 Å². The summed E-state index contributed by atoms with van der Waals surface area (Å²) in [5, 5.41) is 38.2. The number of carbonyl (C=O) groups is 3. The van der Waals surface area contributed by atoms with Gasteiger partial charge in [0.15, 0.2) is 0 Å². The summed E-state index contributed by atoms with van der Waals surface area (Å²) in [6.45, 7) is 0. The fourth-order valence-corrected chi connectivity index (χ4v) is 5.49. The van der Waals surface area contributed by atoms with E-state index in [1.165, 1.54) is 18.2 Å². The van der Waals surface area contributed by atoms with Crippen LogP contribution in [-0.4, -0.2) is 69.5 Å². The van der Waals surface area contributed by atoms with Crippen molar-refractivity contribution in [3.63, 3.8) is 0 Å². The molecule has 0 radical (unpaired) electrons. The third-order valence-electron chi connectivity index (χ3n) is 7.82. The van der Waals surface area contributed by atoms with Gasteiger partial charge in [-0.25, -0.2) is 0 Å². The van der Waals surface area contributed by atoms with E-state index in [1.54, 1.807) is 0 Å². The number of hydrogen-bond acceptors (Lipinski definition) is 6. The first kappa shape index (κ1) is 26.6. The molecule has 0 unspecified atom stereocenters. The highest BCUT2D eigenvalue weighted by molar-refractivity contribution is 6.04. The molecule has 0 saturated heterocycles. The van der Waals surface area contributed by atoms with Gasteiger partial charge in [0.2, 0.25) is 0 Å². The van der Waals surface area contributed by atoms with Crippen LogP contribution in [0.25, 0.3) is 0 Å². The van der Waals surface area contributed by atoms with Gasteiger partial charge in [-0.1, -0.05) is 0 Å². The molecule has 3 amide bonds. The maximum absolute atomic E-state index is 13.1. The first-order chi connectivity index (χ1) is 17.3. The van der Waals surface area contributed by atoms with Gasteiger partial charge >= 0.3 is 0 Å². The second-order valence-electron chi connectivity index (χ2n) is 10.7. The van der Waals surface area contributed by atoms with Crippen LogP contribution >= 0.6 is 0 Å². The summed E-state index contributed by atoms with van der Waals surface area (Å²) in [5.41, 5.74) is 0.742. The lowest BCUT2D eigenvalue weighted by atomic mass is 9.92. The van der Waals surface area contributed by atoms with Crippen molar-refractivity contribution in [1.29, 1.82) is 0 Å². The van der Waals surface area contributed by atoms with Gasteiger partial charge in [-0.3, -0.25) is 14.4 Å². The molecule has 9 heteroatoms. The van der Waals surface area contributed by atoms with Crippen molar-refractivity contribution in [1.82, 2.24) is 16.0 Å². The number of aliphatic hydroxyl groups is 3. The number of hydrogen-bond donors (Lipinski definition) is 6. The Labute approximate surface area is 212 Å². The second kappa shape index (κ2) is 12.2. The molecular weight excluding hydrogens is 462 g/mol. The fraction of sp³-hybridized carbons (Fsp3) is 0.667. The minimum Gasteiger partial charge on any atom is -0.393 e. The van der Waals surface area contributed by atoms with Crippen LogP contribution in [0.15, 0.2) is 18.2 Å². The van der Waals surface area contributed by atoms with Crippen molar-refractivity contribution >= 4 is 17.7 Å². The Hall–Kier alpha value is -2.49. The van der Waals surface area contributed by atoms with Gasteiger partial charge in [0.1, 0.15) is 0 Å². The Morgan fingerprint density at radius 3 is 0.917 bits per heavy atom. The highest BCUT2D eigenvalue weighted by Crippen LogP contribution is 2.22. The SMILES string of the molecule is O=C(NC1CCC(O)CC1)c1cc(C(=O)NC2CCC(O)CC2)cc(C(=O)NC2CCC(O)CC2)c1. The highest BCUT2D eigenvalue weighted by Gasteiger charge is 2.26. The van der Waals surface area contributed by atoms with Crippen LogP contribution in [0.4, 0.5) is 0 Å². The van der Waals surface area contributed by atoms with E-state index in [0.29, 0.717) is 77.0 Å². The van der Waals surface area contributed by atoms with Crippen LogP contribution in [0.1, 0.15) is 108 Å². The number of rotatable bonds is 6.